The molecule has 0 amide bonds. The molecular weight excluding hydrogens is 273 g/mol. The lowest BCUT2D eigenvalue weighted by Crippen LogP contribution is -2.11. The second-order valence-electron chi connectivity index (χ2n) is 7.42. The zero-order chi connectivity index (χ0) is 16.7. The van der Waals surface area contributed by atoms with Crippen molar-refractivity contribution >= 4 is 0 Å². The third kappa shape index (κ3) is 3.21. The maximum absolute atomic E-state index is 14.5. The Morgan fingerprint density at radius 3 is 2.14 bits per heavy atom. The van der Waals surface area contributed by atoms with Crippen LogP contribution in [0.5, 0.6) is 0 Å². The fourth-order valence-electron chi connectivity index (χ4n) is 3.04. The molecule has 118 valence electrons. The van der Waals surface area contributed by atoms with Crippen molar-refractivity contribution in [1.29, 1.82) is 0 Å². The summed E-state index contributed by atoms with van der Waals surface area (Å²) in [6, 6.07) is 7.49. The zero-order valence-electron chi connectivity index (χ0n) is 14.7. The number of pyridine rings is 1. The predicted octanol–water partition coefficient (Wildman–Crippen LogP) is 5.93. The Balaban J connectivity index is 2.54. The maximum Gasteiger partial charge on any atom is 0.132 e. The average Bonchev–Trinajstić information content (AvgIpc) is 2.35. The van der Waals surface area contributed by atoms with Crippen LogP contribution >= 0.6 is 0 Å². The molecule has 0 N–H and O–H groups in total. The van der Waals surface area contributed by atoms with Crippen molar-refractivity contribution in [2.45, 2.75) is 59.8 Å². The minimum atomic E-state index is -0.198. The summed E-state index contributed by atoms with van der Waals surface area (Å²) in [4.78, 5) is 4.64. The van der Waals surface area contributed by atoms with Gasteiger partial charge in [-0.1, -0.05) is 40.7 Å². The highest BCUT2D eigenvalue weighted by molar-refractivity contribution is 5.62. The first kappa shape index (κ1) is 16.7. The molecule has 2 rings (SSSR count). The van der Waals surface area contributed by atoms with Crippen LogP contribution in [0.25, 0.3) is 11.3 Å². The molecule has 2 aromatic rings. The lowest BCUT2D eigenvalue weighted by Gasteiger charge is -2.20. The van der Waals surface area contributed by atoms with Gasteiger partial charge in [0.1, 0.15) is 5.82 Å². The molecular formula is C20H26FN. The van der Waals surface area contributed by atoms with E-state index in [1.807, 2.05) is 25.1 Å². The topological polar surface area (TPSA) is 12.9 Å². The molecule has 0 unspecified atom stereocenters. The highest BCUT2D eigenvalue weighted by Crippen LogP contribution is 2.31. The molecule has 1 aromatic heterocycles. The second kappa shape index (κ2) is 5.83. The van der Waals surface area contributed by atoms with Gasteiger partial charge < -0.3 is 0 Å². The van der Waals surface area contributed by atoms with Gasteiger partial charge in [-0.05, 0) is 60.1 Å². The Labute approximate surface area is 133 Å². The van der Waals surface area contributed by atoms with Gasteiger partial charge in [0.25, 0.3) is 0 Å². The van der Waals surface area contributed by atoms with Crippen LogP contribution < -0.4 is 0 Å². The van der Waals surface area contributed by atoms with Gasteiger partial charge in [0, 0.05) is 11.3 Å². The molecule has 1 heterocycles. The van der Waals surface area contributed by atoms with Gasteiger partial charge in [-0.15, -0.1) is 0 Å². The first-order chi connectivity index (χ1) is 10.1. The number of aryl methyl sites for hydroxylation is 2. The number of benzene rings is 1. The summed E-state index contributed by atoms with van der Waals surface area (Å²) in [5, 5.41) is 0. The molecule has 0 aliphatic heterocycles. The minimum absolute atomic E-state index is 0.0554. The highest BCUT2D eigenvalue weighted by Gasteiger charge is 2.18. The standard InChI is InChI=1S/C20H26FN/c1-12(2)19-13(3)10-18(22-14(19)4)16-9-8-15(11-17(16)21)20(5,6)7/h8-12H,1-7H3. The van der Waals surface area contributed by atoms with Gasteiger partial charge in [-0.2, -0.15) is 0 Å². The second-order valence-corrected chi connectivity index (χ2v) is 7.42. The molecule has 0 spiro atoms. The number of hydrogen-bond donors (Lipinski definition) is 0. The van der Waals surface area contributed by atoms with Gasteiger partial charge in [0.05, 0.1) is 5.69 Å². The number of aromatic nitrogens is 1. The molecule has 22 heavy (non-hydrogen) atoms. The fourth-order valence-corrected chi connectivity index (χ4v) is 3.04. The zero-order valence-corrected chi connectivity index (χ0v) is 14.7. The fraction of sp³-hybridized carbons (Fsp3) is 0.450. The normalized spacial score (nSPS) is 12.0. The van der Waals surface area contributed by atoms with Crippen molar-refractivity contribution in [2.24, 2.45) is 0 Å². The van der Waals surface area contributed by atoms with Gasteiger partial charge in [0.15, 0.2) is 0 Å². The summed E-state index contributed by atoms with van der Waals surface area (Å²) >= 11 is 0. The number of nitrogens with zero attached hydrogens (tertiary/aromatic N) is 1. The summed E-state index contributed by atoms with van der Waals surface area (Å²) in [6.07, 6.45) is 0. The van der Waals surface area contributed by atoms with Crippen LogP contribution in [0.3, 0.4) is 0 Å². The van der Waals surface area contributed by atoms with E-state index in [-0.39, 0.29) is 11.2 Å². The summed E-state index contributed by atoms with van der Waals surface area (Å²) in [5.74, 6) is 0.227. The lowest BCUT2D eigenvalue weighted by atomic mass is 9.86. The van der Waals surface area contributed by atoms with Gasteiger partial charge >= 0.3 is 0 Å². The smallest absolute Gasteiger partial charge is 0.132 e. The SMILES string of the molecule is Cc1cc(-c2ccc(C(C)(C)C)cc2F)nc(C)c1C(C)C. The van der Waals surface area contributed by atoms with E-state index in [4.69, 9.17) is 0 Å². The third-order valence-electron chi connectivity index (χ3n) is 4.14. The molecule has 0 saturated carbocycles. The lowest BCUT2D eigenvalue weighted by molar-refractivity contribution is 0.573. The first-order valence-corrected chi connectivity index (χ1v) is 7.89. The molecule has 1 nitrogen and oxygen atoms in total. The van der Waals surface area contributed by atoms with E-state index in [0.717, 1.165) is 17.0 Å². The monoisotopic (exact) mass is 299 g/mol. The van der Waals surface area contributed by atoms with Crippen molar-refractivity contribution < 1.29 is 4.39 Å². The van der Waals surface area contributed by atoms with Crippen molar-refractivity contribution in [3.8, 4) is 11.3 Å². The van der Waals surface area contributed by atoms with Gasteiger partial charge in [0.2, 0.25) is 0 Å². The molecule has 0 bridgehead atoms. The van der Waals surface area contributed by atoms with E-state index in [1.165, 1.54) is 11.1 Å². The molecule has 0 aliphatic rings. The molecule has 0 saturated heterocycles. The molecule has 0 aliphatic carbocycles. The van der Waals surface area contributed by atoms with E-state index in [1.54, 1.807) is 6.07 Å². The highest BCUT2D eigenvalue weighted by atomic mass is 19.1. The van der Waals surface area contributed by atoms with E-state index < -0.39 is 0 Å². The molecule has 1 aromatic carbocycles. The Kier molecular flexibility index (Phi) is 4.42. The van der Waals surface area contributed by atoms with Crippen LogP contribution in [-0.2, 0) is 5.41 Å². The Hall–Kier alpha value is -1.70. The van der Waals surface area contributed by atoms with E-state index in [2.05, 4.69) is 46.5 Å². The third-order valence-corrected chi connectivity index (χ3v) is 4.14. The summed E-state index contributed by atoms with van der Waals surface area (Å²) in [6.45, 7) is 14.7. The van der Waals surface area contributed by atoms with E-state index >= 15 is 0 Å². The van der Waals surface area contributed by atoms with Crippen LogP contribution in [0.4, 0.5) is 4.39 Å². The van der Waals surface area contributed by atoms with Crippen LogP contribution in [0.1, 0.15) is 62.9 Å². The predicted molar refractivity (Wildman–Crippen MR) is 91.9 cm³/mol. The quantitative estimate of drug-likeness (QED) is 0.670. The van der Waals surface area contributed by atoms with Gasteiger partial charge in [-0.25, -0.2) is 4.39 Å². The summed E-state index contributed by atoms with van der Waals surface area (Å²) in [5.41, 5.74) is 5.67. The van der Waals surface area contributed by atoms with Crippen molar-refractivity contribution in [2.75, 3.05) is 0 Å². The van der Waals surface area contributed by atoms with E-state index in [9.17, 15) is 4.39 Å². The van der Waals surface area contributed by atoms with Crippen LogP contribution in [0.15, 0.2) is 24.3 Å². The number of halogens is 1. The molecule has 2 heteroatoms. The van der Waals surface area contributed by atoms with Crippen molar-refractivity contribution in [1.82, 2.24) is 4.98 Å². The first-order valence-electron chi connectivity index (χ1n) is 7.89. The Morgan fingerprint density at radius 2 is 1.68 bits per heavy atom. The molecule has 0 fully saturated rings. The summed E-state index contributed by atoms with van der Waals surface area (Å²) < 4.78 is 14.5. The Bertz CT molecular complexity index is 670. The van der Waals surface area contributed by atoms with Gasteiger partial charge in [-0.3, -0.25) is 4.98 Å². The largest absolute Gasteiger partial charge is 0.253 e. The molecule has 0 atom stereocenters. The number of hydrogen-bond acceptors (Lipinski definition) is 1. The molecule has 0 radical (unpaired) electrons. The van der Waals surface area contributed by atoms with Crippen molar-refractivity contribution in [3.63, 3.8) is 0 Å². The van der Waals surface area contributed by atoms with Crippen molar-refractivity contribution in [3.05, 3.63) is 52.5 Å². The van der Waals surface area contributed by atoms with Crippen LogP contribution in [0, 0.1) is 19.7 Å². The summed E-state index contributed by atoms with van der Waals surface area (Å²) in [7, 11) is 0. The Morgan fingerprint density at radius 1 is 1.05 bits per heavy atom. The van der Waals surface area contributed by atoms with Crippen LogP contribution in [0.2, 0.25) is 0 Å². The van der Waals surface area contributed by atoms with E-state index in [0.29, 0.717) is 11.5 Å². The maximum atomic E-state index is 14.5. The average molecular weight is 299 g/mol. The number of rotatable bonds is 2. The minimum Gasteiger partial charge on any atom is -0.253 e. The van der Waals surface area contributed by atoms with Crippen LogP contribution in [-0.4, -0.2) is 4.98 Å².